The Kier molecular flexibility index (Phi) is 3.87. The van der Waals surface area contributed by atoms with Crippen molar-refractivity contribution in [3.63, 3.8) is 0 Å². The van der Waals surface area contributed by atoms with Crippen LogP contribution < -0.4 is 5.73 Å². The number of carbonyl (C=O) groups excluding carboxylic acids is 1. The molecule has 0 spiro atoms. The fourth-order valence-electron chi connectivity index (χ4n) is 2.13. The molecule has 0 bridgehead atoms. The van der Waals surface area contributed by atoms with E-state index in [-0.39, 0.29) is 12.0 Å². The molecule has 1 aromatic rings. The fourth-order valence-corrected chi connectivity index (χ4v) is 2.13. The second-order valence-electron chi connectivity index (χ2n) is 4.92. The van der Waals surface area contributed by atoms with Crippen molar-refractivity contribution in [2.75, 3.05) is 18.9 Å². The Morgan fingerprint density at radius 2 is 2.22 bits per heavy atom. The second-order valence-corrected chi connectivity index (χ2v) is 4.92. The van der Waals surface area contributed by atoms with Crippen LogP contribution in [-0.2, 0) is 11.3 Å². The first-order valence-electron chi connectivity index (χ1n) is 6.37. The highest BCUT2D eigenvalue weighted by Gasteiger charge is 2.26. The van der Waals surface area contributed by atoms with Crippen LogP contribution in [0.25, 0.3) is 0 Å². The zero-order valence-electron chi connectivity index (χ0n) is 11.0. The highest BCUT2D eigenvalue weighted by molar-refractivity contribution is 5.99. The van der Waals surface area contributed by atoms with Gasteiger partial charge in [-0.1, -0.05) is 6.07 Å². The Labute approximate surface area is 108 Å². The summed E-state index contributed by atoms with van der Waals surface area (Å²) in [6.07, 6.45) is 1.11. The molecule has 4 nitrogen and oxygen atoms in total. The number of ether oxygens (including phenoxy) is 1. The van der Waals surface area contributed by atoms with Crippen molar-refractivity contribution >= 4 is 11.6 Å². The molecule has 0 radical (unpaired) electrons. The molecule has 2 N–H and O–H groups in total. The number of nitrogens with two attached hydrogens (primary N) is 1. The molecule has 0 aromatic heterocycles. The van der Waals surface area contributed by atoms with Crippen LogP contribution in [0.1, 0.15) is 36.2 Å². The molecule has 0 unspecified atom stereocenters. The Hall–Kier alpha value is -1.55. The van der Waals surface area contributed by atoms with E-state index in [1.807, 2.05) is 30.9 Å². The Morgan fingerprint density at radius 1 is 1.44 bits per heavy atom. The quantitative estimate of drug-likeness (QED) is 0.641. The average Bonchev–Trinajstić information content (AvgIpc) is 2.62. The number of nitrogen functional groups attached to an aromatic ring is 1. The van der Waals surface area contributed by atoms with E-state index in [1.165, 1.54) is 0 Å². The normalized spacial score (nSPS) is 14.4. The van der Waals surface area contributed by atoms with Crippen LogP contribution in [0.4, 0.5) is 5.69 Å². The summed E-state index contributed by atoms with van der Waals surface area (Å²) in [4.78, 5) is 14.0. The SMILES string of the molecule is CC(C)OCCCN1Cc2ccc(N)cc2C1=O. The van der Waals surface area contributed by atoms with Crippen molar-refractivity contribution in [1.29, 1.82) is 0 Å². The lowest BCUT2D eigenvalue weighted by atomic mass is 10.1. The Bertz CT molecular complexity index is 443. The maximum atomic E-state index is 12.1. The molecular weight excluding hydrogens is 228 g/mol. The molecule has 0 atom stereocenters. The first-order valence-corrected chi connectivity index (χ1v) is 6.37. The third-order valence-corrected chi connectivity index (χ3v) is 3.04. The van der Waals surface area contributed by atoms with Crippen LogP contribution in [0.3, 0.4) is 0 Å². The van der Waals surface area contributed by atoms with Crippen molar-refractivity contribution in [2.24, 2.45) is 0 Å². The molecule has 1 amide bonds. The van der Waals surface area contributed by atoms with E-state index in [0.717, 1.165) is 24.1 Å². The minimum Gasteiger partial charge on any atom is -0.399 e. The summed E-state index contributed by atoms with van der Waals surface area (Å²) in [5.41, 5.74) is 8.17. The number of nitrogens with zero attached hydrogens (tertiary/aromatic N) is 1. The number of anilines is 1. The minimum atomic E-state index is 0.0850. The summed E-state index contributed by atoms with van der Waals surface area (Å²) in [6, 6.07) is 5.55. The molecular formula is C14H20N2O2. The molecule has 0 saturated carbocycles. The van der Waals surface area contributed by atoms with E-state index in [0.29, 0.717) is 18.8 Å². The van der Waals surface area contributed by atoms with Crippen molar-refractivity contribution in [1.82, 2.24) is 4.90 Å². The molecule has 1 aliphatic rings. The molecule has 0 aliphatic carbocycles. The summed E-state index contributed by atoms with van der Waals surface area (Å²) in [5, 5.41) is 0. The number of rotatable bonds is 5. The fraction of sp³-hybridized carbons (Fsp3) is 0.500. The maximum Gasteiger partial charge on any atom is 0.254 e. The first kappa shape index (κ1) is 12.9. The number of amides is 1. The zero-order valence-corrected chi connectivity index (χ0v) is 11.0. The van der Waals surface area contributed by atoms with Gasteiger partial charge in [0.15, 0.2) is 0 Å². The van der Waals surface area contributed by atoms with Crippen LogP contribution in [-0.4, -0.2) is 30.1 Å². The second kappa shape index (κ2) is 5.40. The van der Waals surface area contributed by atoms with Crippen molar-refractivity contribution in [3.05, 3.63) is 29.3 Å². The van der Waals surface area contributed by atoms with Gasteiger partial charge in [-0.15, -0.1) is 0 Å². The van der Waals surface area contributed by atoms with Gasteiger partial charge in [-0.25, -0.2) is 0 Å². The monoisotopic (exact) mass is 248 g/mol. The molecule has 1 heterocycles. The molecule has 98 valence electrons. The predicted octanol–water partition coefficient (Wildman–Crippen LogP) is 2.04. The van der Waals surface area contributed by atoms with Crippen molar-refractivity contribution in [2.45, 2.75) is 32.9 Å². The highest BCUT2D eigenvalue weighted by Crippen LogP contribution is 2.24. The van der Waals surface area contributed by atoms with E-state index < -0.39 is 0 Å². The minimum absolute atomic E-state index is 0.0850. The molecule has 0 saturated heterocycles. The van der Waals surface area contributed by atoms with Crippen LogP contribution in [0.15, 0.2) is 18.2 Å². The molecule has 1 aliphatic heterocycles. The van der Waals surface area contributed by atoms with Crippen LogP contribution in [0.2, 0.25) is 0 Å². The first-order chi connectivity index (χ1) is 8.58. The van der Waals surface area contributed by atoms with Crippen molar-refractivity contribution in [3.8, 4) is 0 Å². The largest absolute Gasteiger partial charge is 0.399 e. The summed E-state index contributed by atoms with van der Waals surface area (Å²) >= 11 is 0. The highest BCUT2D eigenvalue weighted by atomic mass is 16.5. The van der Waals surface area contributed by atoms with Crippen LogP contribution in [0, 0.1) is 0 Å². The molecule has 4 heteroatoms. The Morgan fingerprint density at radius 3 is 2.94 bits per heavy atom. The van der Waals surface area contributed by atoms with Gasteiger partial charge in [-0.2, -0.15) is 0 Å². The van der Waals surface area contributed by atoms with E-state index in [4.69, 9.17) is 10.5 Å². The van der Waals surface area contributed by atoms with E-state index >= 15 is 0 Å². The summed E-state index contributed by atoms with van der Waals surface area (Å²) < 4.78 is 5.48. The number of benzene rings is 1. The number of carbonyl (C=O) groups is 1. The van der Waals surface area contributed by atoms with Crippen LogP contribution >= 0.6 is 0 Å². The predicted molar refractivity (Wildman–Crippen MR) is 71.3 cm³/mol. The maximum absolute atomic E-state index is 12.1. The van der Waals surface area contributed by atoms with E-state index in [9.17, 15) is 4.79 Å². The van der Waals surface area contributed by atoms with E-state index in [1.54, 1.807) is 6.07 Å². The van der Waals surface area contributed by atoms with E-state index in [2.05, 4.69) is 0 Å². The topological polar surface area (TPSA) is 55.6 Å². The lowest BCUT2D eigenvalue weighted by molar-refractivity contribution is 0.0630. The van der Waals surface area contributed by atoms with Crippen LogP contribution in [0.5, 0.6) is 0 Å². The zero-order chi connectivity index (χ0) is 13.1. The van der Waals surface area contributed by atoms with Gasteiger partial charge in [0.25, 0.3) is 5.91 Å². The van der Waals surface area contributed by atoms with Crippen molar-refractivity contribution < 1.29 is 9.53 Å². The van der Waals surface area contributed by atoms with Gasteiger partial charge >= 0.3 is 0 Å². The smallest absolute Gasteiger partial charge is 0.254 e. The van der Waals surface area contributed by atoms with Gasteiger partial charge in [-0.3, -0.25) is 4.79 Å². The molecule has 18 heavy (non-hydrogen) atoms. The van der Waals surface area contributed by atoms with Gasteiger partial charge in [0.05, 0.1) is 6.10 Å². The van der Waals surface area contributed by atoms with Gasteiger partial charge in [-0.05, 0) is 38.0 Å². The third-order valence-electron chi connectivity index (χ3n) is 3.04. The van der Waals surface area contributed by atoms with Gasteiger partial charge in [0.1, 0.15) is 0 Å². The lowest BCUT2D eigenvalue weighted by Crippen LogP contribution is -2.26. The van der Waals surface area contributed by atoms with Gasteiger partial charge in [0, 0.05) is 30.9 Å². The summed E-state index contributed by atoms with van der Waals surface area (Å²) in [5.74, 6) is 0.0850. The summed E-state index contributed by atoms with van der Waals surface area (Å²) in [6.45, 7) is 6.15. The lowest BCUT2D eigenvalue weighted by Gasteiger charge is -2.16. The van der Waals surface area contributed by atoms with Gasteiger partial charge < -0.3 is 15.4 Å². The number of hydrogen-bond donors (Lipinski definition) is 1. The van der Waals surface area contributed by atoms with Gasteiger partial charge in [0.2, 0.25) is 0 Å². The average molecular weight is 248 g/mol. The molecule has 0 fully saturated rings. The number of hydrogen-bond acceptors (Lipinski definition) is 3. The number of fused-ring (bicyclic) bond motifs is 1. The standard InChI is InChI=1S/C14H20N2O2/c1-10(2)18-7-3-6-16-9-11-4-5-12(15)8-13(11)14(16)17/h4-5,8,10H,3,6-7,9,15H2,1-2H3. The molecule has 2 rings (SSSR count). The molecule has 1 aromatic carbocycles. The Balaban J connectivity index is 1.89. The third kappa shape index (κ3) is 2.82. The summed E-state index contributed by atoms with van der Waals surface area (Å²) in [7, 11) is 0.